The van der Waals surface area contributed by atoms with Gasteiger partial charge in [0, 0.05) is 18.8 Å². The SMILES string of the molecule is Cn1cncc1-c1ccncc1N. The minimum absolute atomic E-state index is 0.672. The highest BCUT2D eigenvalue weighted by molar-refractivity contribution is 5.72. The van der Waals surface area contributed by atoms with Crippen molar-refractivity contribution in [2.75, 3.05) is 5.73 Å². The molecule has 0 aliphatic carbocycles. The number of nitrogen functional groups attached to an aromatic ring is 1. The van der Waals surface area contributed by atoms with Gasteiger partial charge >= 0.3 is 0 Å². The molecule has 0 radical (unpaired) electrons. The lowest BCUT2D eigenvalue weighted by Gasteiger charge is -2.04. The lowest BCUT2D eigenvalue weighted by Crippen LogP contribution is -1.95. The Morgan fingerprint density at radius 2 is 2.15 bits per heavy atom. The highest BCUT2D eigenvalue weighted by atomic mass is 15.0. The van der Waals surface area contributed by atoms with E-state index in [1.54, 1.807) is 24.9 Å². The number of hydrogen-bond donors (Lipinski definition) is 1. The molecule has 2 aromatic rings. The number of imidazole rings is 1. The van der Waals surface area contributed by atoms with Gasteiger partial charge in [-0.05, 0) is 6.07 Å². The zero-order chi connectivity index (χ0) is 9.26. The fourth-order valence-corrected chi connectivity index (χ4v) is 1.26. The molecule has 0 aromatic carbocycles. The quantitative estimate of drug-likeness (QED) is 0.703. The van der Waals surface area contributed by atoms with Crippen LogP contribution in [0.2, 0.25) is 0 Å². The molecule has 4 heteroatoms. The summed E-state index contributed by atoms with van der Waals surface area (Å²) in [5.74, 6) is 0. The molecule has 2 aromatic heterocycles. The lowest BCUT2D eigenvalue weighted by atomic mass is 10.2. The molecule has 66 valence electrons. The van der Waals surface area contributed by atoms with Gasteiger partial charge in [-0.25, -0.2) is 4.98 Å². The molecule has 0 amide bonds. The van der Waals surface area contributed by atoms with Crippen LogP contribution >= 0.6 is 0 Å². The molecule has 2 N–H and O–H groups in total. The van der Waals surface area contributed by atoms with Crippen LogP contribution in [0.1, 0.15) is 0 Å². The summed E-state index contributed by atoms with van der Waals surface area (Å²) in [6.45, 7) is 0. The first-order chi connectivity index (χ1) is 6.29. The predicted molar refractivity (Wildman–Crippen MR) is 50.9 cm³/mol. The van der Waals surface area contributed by atoms with Gasteiger partial charge in [-0.15, -0.1) is 0 Å². The van der Waals surface area contributed by atoms with Crippen molar-refractivity contribution in [2.45, 2.75) is 0 Å². The molecule has 13 heavy (non-hydrogen) atoms. The van der Waals surface area contributed by atoms with Crippen LogP contribution in [-0.2, 0) is 7.05 Å². The standard InChI is InChI=1S/C9H10N4/c1-13-6-12-5-9(13)7-2-3-11-4-8(7)10/h2-6H,10H2,1H3. The van der Waals surface area contributed by atoms with Crippen molar-refractivity contribution >= 4 is 5.69 Å². The molecule has 0 aliphatic heterocycles. The maximum absolute atomic E-state index is 5.78. The van der Waals surface area contributed by atoms with Crippen LogP contribution in [0.5, 0.6) is 0 Å². The zero-order valence-electron chi connectivity index (χ0n) is 7.31. The second-order valence-corrected chi connectivity index (χ2v) is 2.85. The normalized spacial score (nSPS) is 10.2. The van der Waals surface area contributed by atoms with E-state index in [2.05, 4.69) is 9.97 Å². The zero-order valence-corrected chi connectivity index (χ0v) is 7.31. The van der Waals surface area contributed by atoms with Gasteiger partial charge in [0.15, 0.2) is 0 Å². The van der Waals surface area contributed by atoms with E-state index in [1.165, 1.54) is 0 Å². The molecule has 0 spiro atoms. The van der Waals surface area contributed by atoms with Crippen molar-refractivity contribution in [3.63, 3.8) is 0 Å². The third-order valence-corrected chi connectivity index (χ3v) is 1.94. The van der Waals surface area contributed by atoms with Crippen molar-refractivity contribution in [3.8, 4) is 11.3 Å². The van der Waals surface area contributed by atoms with Gasteiger partial charge in [0.1, 0.15) is 0 Å². The Morgan fingerprint density at radius 1 is 1.31 bits per heavy atom. The summed E-state index contributed by atoms with van der Waals surface area (Å²) < 4.78 is 1.92. The second kappa shape index (κ2) is 2.90. The van der Waals surface area contributed by atoms with Gasteiger partial charge in [-0.3, -0.25) is 4.98 Å². The minimum Gasteiger partial charge on any atom is -0.397 e. The summed E-state index contributed by atoms with van der Waals surface area (Å²) in [6, 6.07) is 1.88. The molecule has 2 heterocycles. The number of nitrogens with two attached hydrogens (primary N) is 1. The number of nitrogens with zero attached hydrogens (tertiary/aromatic N) is 3. The molecule has 0 saturated carbocycles. The third-order valence-electron chi connectivity index (χ3n) is 1.94. The first kappa shape index (κ1) is 7.79. The maximum atomic E-state index is 5.78. The van der Waals surface area contributed by atoms with Gasteiger partial charge in [0.25, 0.3) is 0 Å². The first-order valence-electron chi connectivity index (χ1n) is 3.95. The number of aryl methyl sites for hydroxylation is 1. The van der Waals surface area contributed by atoms with Gasteiger partial charge in [-0.2, -0.15) is 0 Å². The number of hydrogen-bond acceptors (Lipinski definition) is 3. The molecule has 0 aliphatic rings. The fourth-order valence-electron chi connectivity index (χ4n) is 1.26. The van der Waals surface area contributed by atoms with Crippen LogP contribution in [0.4, 0.5) is 5.69 Å². The monoisotopic (exact) mass is 174 g/mol. The average molecular weight is 174 g/mol. The molecule has 0 atom stereocenters. The Kier molecular flexibility index (Phi) is 1.73. The molecule has 0 fully saturated rings. The number of pyridine rings is 1. The Bertz CT molecular complexity index is 419. The number of anilines is 1. The summed E-state index contributed by atoms with van der Waals surface area (Å²) >= 11 is 0. The maximum Gasteiger partial charge on any atom is 0.0948 e. The van der Waals surface area contributed by atoms with Gasteiger partial charge in [0.2, 0.25) is 0 Å². The van der Waals surface area contributed by atoms with Crippen molar-refractivity contribution < 1.29 is 0 Å². The summed E-state index contributed by atoms with van der Waals surface area (Å²) in [4.78, 5) is 7.96. The average Bonchev–Trinajstić information content (AvgIpc) is 2.52. The Balaban J connectivity index is 2.59. The first-order valence-corrected chi connectivity index (χ1v) is 3.95. The van der Waals surface area contributed by atoms with Crippen LogP contribution in [0.3, 0.4) is 0 Å². The Labute approximate surface area is 76.1 Å². The molecular weight excluding hydrogens is 164 g/mol. The topological polar surface area (TPSA) is 56.7 Å². The van der Waals surface area contributed by atoms with Crippen LogP contribution < -0.4 is 5.73 Å². The van der Waals surface area contributed by atoms with E-state index >= 15 is 0 Å². The van der Waals surface area contributed by atoms with Crippen molar-refractivity contribution in [3.05, 3.63) is 31.0 Å². The van der Waals surface area contributed by atoms with E-state index in [0.29, 0.717) is 5.69 Å². The smallest absolute Gasteiger partial charge is 0.0948 e. The highest BCUT2D eigenvalue weighted by Gasteiger charge is 2.04. The number of aromatic nitrogens is 3. The van der Waals surface area contributed by atoms with E-state index in [9.17, 15) is 0 Å². The second-order valence-electron chi connectivity index (χ2n) is 2.85. The molecule has 0 saturated heterocycles. The van der Waals surface area contributed by atoms with Crippen LogP contribution in [0.15, 0.2) is 31.0 Å². The van der Waals surface area contributed by atoms with Crippen molar-refractivity contribution in [1.82, 2.24) is 14.5 Å². The van der Waals surface area contributed by atoms with Gasteiger partial charge in [-0.1, -0.05) is 0 Å². The third kappa shape index (κ3) is 1.26. The van der Waals surface area contributed by atoms with Gasteiger partial charge < -0.3 is 10.3 Å². The molecule has 4 nitrogen and oxygen atoms in total. The van der Waals surface area contributed by atoms with Crippen molar-refractivity contribution in [2.24, 2.45) is 7.05 Å². The molecular formula is C9H10N4. The Morgan fingerprint density at radius 3 is 2.77 bits per heavy atom. The fraction of sp³-hybridized carbons (Fsp3) is 0.111. The van der Waals surface area contributed by atoms with E-state index in [0.717, 1.165) is 11.3 Å². The van der Waals surface area contributed by atoms with E-state index in [4.69, 9.17) is 5.73 Å². The van der Waals surface area contributed by atoms with E-state index in [1.807, 2.05) is 17.7 Å². The molecule has 0 unspecified atom stereocenters. The number of rotatable bonds is 1. The van der Waals surface area contributed by atoms with Crippen LogP contribution in [0, 0.1) is 0 Å². The van der Waals surface area contributed by atoms with E-state index < -0.39 is 0 Å². The highest BCUT2D eigenvalue weighted by Crippen LogP contribution is 2.22. The summed E-state index contributed by atoms with van der Waals surface area (Å²) in [6.07, 6.45) is 6.89. The Hall–Kier alpha value is -1.84. The van der Waals surface area contributed by atoms with Crippen LogP contribution in [0.25, 0.3) is 11.3 Å². The molecule has 2 rings (SSSR count). The summed E-state index contributed by atoms with van der Waals surface area (Å²) in [5.41, 5.74) is 8.42. The van der Waals surface area contributed by atoms with E-state index in [-0.39, 0.29) is 0 Å². The summed E-state index contributed by atoms with van der Waals surface area (Å²) in [7, 11) is 1.93. The van der Waals surface area contributed by atoms with Crippen LogP contribution in [-0.4, -0.2) is 14.5 Å². The molecule has 0 bridgehead atoms. The predicted octanol–water partition coefficient (Wildman–Crippen LogP) is 1.06. The van der Waals surface area contributed by atoms with Gasteiger partial charge in [0.05, 0.1) is 30.1 Å². The largest absolute Gasteiger partial charge is 0.397 e. The van der Waals surface area contributed by atoms with Crippen molar-refractivity contribution in [1.29, 1.82) is 0 Å². The minimum atomic E-state index is 0.672. The summed E-state index contributed by atoms with van der Waals surface area (Å²) in [5, 5.41) is 0. The lowest BCUT2D eigenvalue weighted by molar-refractivity contribution is 0.921.